The third-order valence-corrected chi connectivity index (χ3v) is 6.39. The fraction of sp³-hybridized carbons (Fsp3) is 0.231. The molecule has 2 heterocycles. The molecule has 0 fully saturated rings. The molecule has 3 aromatic rings. The van der Waals surface area contributed by atoms with E-state index < -0.39 is 22.7 Å². The summed E-state index contributed by atoms with van der Waals surface area (Å²) in [5, 5.41) is 7.55. The van der Waals surface area contributed by atoms with Crippen molar-refractivity contribution in [2.45, 2.75) is 18.0 Å². The molecule has 1 aromatic carbocycles. The molecule has 0 saturated carbocycles. The molecule has 0 aliphatic rings. The Morgan fingerprint density at radius 2 is 2.08 bits per heavy atom. The van der Waals surface area contributed by atoms with E-state index >= 15 is 0 Å². The van der Waals surface area contributed by atoms with Gasteiger partial charge >= 0.3 is 153 Å². The molecule has 12 heteroatoms. The summed E-state index contributed by atoms with van der Waals surface area (Å²) in [5.74, 6) is 0. The van der Waals surface area contributed by atoms with Crippen molar-refractivity contribution in [3.63, 3.8) is 0 Å². The van der Waals surface area contributed by atoms with Gasteiger partial charge in [-0.1, -0.05) is 0 Å². The van der Waals surface area contributed by atoms with Crippen LogP contribution in [0.5, 0.6) is 0 Å². The van der Waals surface area contributed by atoms with Crippen LogP contribution in [-0.2, 0) is 10.0 Å². The van der Waals surface area contributed by atoms with Crippen molar-refractivity contribution in [2.75, 3.05) is 6.54 Å². The van der Waals surface area contributed by atoms with Gasteiger partial charge in [0.1, 0.15) is 0 Å². The van der Waals surface area contributed by atoms with Crippen LogP contribution in [0.1, 0.15) is 5.69 Å². The van der Waals surface area contributed by atoms with Crippen LogP contribution in [0.4, 0.5) is 13.2 Å². The summed E-state index contributed by atoms with van der Waals surface area (Å²) in [5.41, 5.74) is 2.18. The molecule has 2 N–H and O–H groups in total. The Morgan fingerprint density at radius 3 is 2.68 bits per heavy atom. The van der Waals surface area contributed by atoms with Crippen molar-refractivity contribution in [1.29, 1.82) is 0 Å². The number of thiazole rings is 1. The normalized spacial score (nSPS) is 12.8. The number of fused-ring (bicyclic) bond motifs is 1. The maximum absolute atomic E-state index is 12.2. The van der Waals surface area contributed by atoms with Crippen molar-refractivity contribution in [3.8, 4) is 10.6 Å². The second-order valence-corrected chi connectivity index (χ2v) is 8.82. The number of nitrogens with one attached hydrogen (secondary N) is 2. The summed E-state index contributed by atoms with van der Waals surface area (Å²) in [6, 6.07) is 4.02. The van der Waals surface area contributed by atoms with Crippen LogP contribution in [0.15, 0.2) is 23.1 Å². The van der Waals surface area contributed by atoms with Gasteiger partial charge in [-0.15, -0.1) is 0 Å². The molecule has 2 radical (unpaired) electrons. The zero-order valence-corrected chi connectivity index (χ0v) is 16.1. The van der Waals surface area contributed by atoms with E-state index in [9.17, 15) is 21.6 Å². The van der Waals surface area contributed by atoms with Crippen LogP contribution < -0.4 is 9.20 Å². The third kappa shape index (κ3) is 3.89. The number of aromatic nitrogens is 3. The fourth-order valence-corrected chi connectivity index (χ4v) is 5.18. The van der Waals surface area contributed by atoms with Crippen molar-refractivity contribution < 1.29 is 21.6 Å². The number of H-pyrrole nitrogens is 1. The first-order chi connectivity index (χ1) is 11.6. The maximum atomic E-state index is 12.2. The summed E-state index contributed by atoms with van der Waals surface area (Å²) in [6.45, 7) is 0.217. The number of sulfonamides is 1. The zero-order chi connectivity index (χ0) is 18.4. The number of hydrogen-bond acceptors (Lipinski definition) is 5. The Hall–Kier alpha value is -1.42. The van der Waals surface area contributed by atoms with Crippen molar-refractivity contribution in [3.05, 3.63) is 23.9 Å². The summed E-state index contributed by atoms with van der Waals surface area (Å²) >= 11 is 3.56. The first-order valence-corrected chi connectivity index (χ1v) is 10.0. The molecule has 0 saturated heterocycles. The molecule has 0 aliphatic heterocycles. The number of aryl methyl sites for hydroxylation is 1. The molecule has 0 bridgehead atoms. The van der Waals surface area contributed by atoms with Crippen LogP contribution in [0.2, 0.25) is 0 Å². The number of alkyl halides is 3. The van der Waals surface area contributed by atoms with Gasteiger partial charge in [-0.2, -0.15) is 0 Å². The van der Waals surface area contributed by atoms with Gasteiger partial charge in [0, 0.05) is 0 Å². The SMILES string of the molecule is Cc1[nH]nc([As])c1-c1nc2ccc(S(=O)(=O)NCC(F)(F)F)cc2s1. The van der Waals surface area contributed by atoms with E-state index in [1.807, 2.05) is 6.92 Å². The standard InChI is InChI=1S/C13H10AsF3N4O2S2/c1-6-10(11(14)21-20-6)12-19-8-3-2-7(4-9(8)24-12)25(22,23)18-5-13(15,16)17/h2-4,18H,5H2,1H3,(H,20,21). The molecule has 132 valence electrons. The van der Waals surface area contributed by atoms with Crippen molar-refractivity contribution in [2.24, 2.45) is 0 Å². The first-order valence-electron chi connectivity index (χ1n) is 6.78. The summed E-state index contributed by atoms with van der Waals surface area (Å²) in [4.78, 5) is 4.20. The summed E-state index contributed by atoms with van der Waals surface area (Å²) in [7, 11) is -4.26. The number of benzene rings is 1. The van der Waals surface area contributed by atoms with Gasteiger partial charge < -0.3 is 0 Å². The summed E-state index contributed by atoms with van der Waals surface area (Å²) in [6.07, 6.45) is -4.62. The van der Waals surface area contributed by atoms with E-state index in [0.717, 1.165) is 11.3 Å². The Kier molecular flexibility index (Phi) is 4.69. The van der Waals surface area contributed by atoms with Gasteiger partial charge in [0.25, 0.3) is 0 Å². The van der Waals surface area contributed by atoms with Crippen LogP contribution in [0.25, 0.3) is 20.8 Å². The molecule has 6 nitrogen and oxygen atoms in total. The van der Waals surface area contributed by atoms with Crippen molar-refractivity contribution in [1.82, 2.24) is 19.9 Å². The predicted molar refractivity (Wildman–Crippen MR) is 88.6 cm³/mol. The number of hydrogen-bond donors (Lipinski definition) is 2. The van der Waals surface area contributed by atoms with Gasteiger partial charge in [-0.25, -0.2) is 0 Å². The molecular weight excluding hydrogens is 440 g/mol. The summed E-state index contributed by atoms with van der Waals surface area (Å²) < 4.78 is 63.6. The molecule has 0 aliphatic carbocycles. The molecule has 0 atom stereocenters. The van der Waals surface area contributed by atoms with E-state index in [0.29, 0.717) is 19.7 Å². The molecule has 0 spiro atoms. The van der Waals surface area contributed by atoms with E-state index in [1.54, 1.807) is 4.72 Å². The molecule has 25 heavy (non-hydrogen) atoms. The van der Waals surface area contributed by atoms with Gasteiger partial charge in [0.05, 0.1) is 0 Å². The molecule has 2 aromatic heterocycles. The second-order valence-electron chi connectivity index (χ2n) is 5.14. The Bertz CT molecular complexity index is 1020. The number of rotatable bonds is 4. The van der Waals surface area contributed by atoms with E-state index in [1.165, 1.54) is 29.5 Å². The van der Waals surface area contributed by atoms with Crippen LogP contribution in [0.3, 0.4) is 0 Å². The van der Waals surface area contributed by atoms with Gasteiger partial charge in [-0.05, 0) is 0 Å². The zero-order valence-electron chi connectivity index (χ0n) is 12.5. The topological polar surface area (TPSA) is 87.7 Å². The Balaban J connectivity index is 1.98. The van der Waals surface area contributed by atoms with Crippen molar-refractivity contribution >= 4 is 52.9 Å². The van der Waals surface area contributed by atoms with Crippen LogP contribution in [0, 0.1) is 6.92 Å². The minimum atomic E-state index is -4.62. The van der Waals surface area contributed by atoms with Crippen LogP contribution >= 0.6 is 11.3 Å². The number of halogens is 3. The fourth-order valence-electron chi connectivity index (χ4n) is 2.11. The monoisotopic (exact) mass is 450 g/mol. The predicted octanol–water partition coefficient (Wildman–Crippen LogP) is 1.63. The number of nitrogens with zero attached hydrogens (tertiary/aromatic N) is 2. The van der Waals surface area contributed by atoms with Gasteiger partial charge in [0.2, 0.25) is 0 Å². The minimum absolute atomic E-state index is 0.240. The average molecular weight is 450 g/mol. The molecular formula is C13H10AsF3N4O2S2. The third-order valence-electron chi connectivity index (χ3n) is 3.27. The van der Waals surface area contributed by atoms with Gasteiger partial charge in [0.15, 0.2) is 0 Å². The molecule has 0 amide bonds. The molecule has 0 unspecified atom stereocenters. The Labute approximate surface area is 153 Å². The average Bonchev–Trinajstić information content (AvgIpc) is 3.06. The van der Waals surface area contributed by atoms with E-state index in [4.69, 9.17) is 0 Å². The quantitative estimate of drug-likeness (QED) is 0.592. The van der Waals surface area contributed by atoms with Gasteiger partial charge in [-0.3, -0.25) is 0 Å². The number of aromatic amines is 1. The van der Waals surface area contributed by atoms with E-state index in [-0.39, 0.29) is 4.90 Å². The second kappa shape index (κ2) is 6.38. The molecule has 3 rings (SSSR count). The Morgan fingerprint density at radius 1 is 1.36 bits per heavy atom. The first kappa shape index (κ1) is 18.4. The van der Waals surface area contributed by atoms with E-state index in [2.05, 4.69) is 32.0 Å². The van der Waals surface area contributed by atoms with Crippen LogP contribution in [-0.4, -0.2) is 53.2 Å².